The molecule has 0 atom stereocenters. The lowest BCUT2D eigenvalue weighted by Crippen LogP contribution is -1.98. The van der Waals surface area contributed by atoms with Crippen LogP contribution in [0.4, 0.5) is 4.39 Å². The van der Waals surface area contributed by atoms with E-state index in [0.717, 1.165) is 22.2 Å². The molecule has 0 spiro atoms. The Labute approximate surface area is 134 Å². The summed E-state index contributed by atoms with van der Waals surface area (Å²) < 4.78 is 21.5. The SMILES string of the molecule is CC(C)n1cc(COc2ccc(Cl)cc2)c2cc(F)ccc21. The van der Waals surface area contributed by atoms with Crippen LogP contribution >= 0.6 is 11.6 Å². The fourth-order valence-electron chi connectivity index (χ4n) is 2.53. The van der Waals surface area contributed by atoms with Gasteiger partial charge in [0.2, 0.25) is 0 Å². The Morgan fingerprint density at radius 3 is 2.55 bits per heavy atom. The van der Waals surface area contributed by atoms with Gasteiger partial charge in [-0.1, -0.05) is 11.6 Å². The van der Waals surface area contributed by atoms with Crippen LogP contribution in [0.3, 0.4) is 0 Å². The number of ether oxygens (including phenoxy) is 1. The highest BCUT2D eigenvalue weighted by Gasteiger charge is 2.12. The van der Waals surface area contributed by atoms with E-state index in [2.05, 4.69) is 18.4 Å². The van der Waals surface area contributed by atoms with Gasteiger partial charge in [-0.05, 0) is 56.3 Å². The Kier molecular flexibility index (Phi) is 4.08. The Morgan fingerprint density at radius 2 is 1.86 bits per heavy atom. The van der Waals surface area contributed by atoms with Gasteiger partial charge < -0.3 is 9.30 Å². The van der Waals surface area contributed by atoms with Crippen LogP contribution in [0.1, 0.15) is 25.5 Å². The molecule has 22 heavy (non-hydrogen) atoms. The van der Waals surface area contributed by atoms with E-state index in [0.29, 0.717) is 17.7 Å². The molecule has 4 heteroatoms. The van der Waals surface area contributed by atoms with E-state index >= 15 is 0 Å². The van der Waals surface area contributed by atoms with Crippen LogP contribution in [-0.4, -0.2) is 4.57 Å². The molecule has 114 valence electrons. The largest absolute Gasteiger partial charge is 0.489 e. The predicted octanol–water partition coefficient (Wildman–Crippen LogP) is 5.59. The average Bonchev–Trinajstić information content (AvgIpc) is 2.85. The van der Waals surface area contributed by atoms with Crippen LogP contribution in [0.5, 0.6) is 5.75 Å². The minimum absolute atomic E-state index is 0.234. The molecule has 0 radical (unpaired) electrons. The highest BCUT2D eigenvalue weighted by molar-refractivity contribution is 6.30. The lowest BCUT2D eigenvalue weighted by Gasteiger charge is -2.08. The lowest BCUT2D eigenvalue weighted by molar-refractivity contribution is 0.307. The zero-order valence-electron chi connectivity index (χ0n) is 12.5. The number of hydrogen-bond donors (Lipinski definition) is 0. The highest BCUT2D eigenvalue weighted by Crippen LogP contribution is 2.27. The third kappa shape index (κ3) is 2.95. The van der Waals surface area contributed by atoms with Gasteiger partial charge in [0.25, 0.3) is 0 Å². The molecule has 1 aromatic heterocycles. The van der Waals surface area contributed by atoms with Crippen molar-refractivity contribution < 1.29 is 9.13 Å². The molecule has 0 unspecified atom stereocenters. The summed E-state index contributed by atoms with van der Waals surface area (Å²) >= 11 is 5.86. The van der Waals surface area contributed by atoms with E-state index < -0.39 is 0 Å². The summed E-state index contributed by atoms with van der Waals surface area (Å²) in [6.07, 6.45) is 2.03. The van der Waals surface area contributed by atoms with E-state index in [1.54, 1.807) is 18.2 Å². The molecule has 3 rings (SSSR count). The number of rotatable bonds is 4. The van der Waals surface area contributed by atoms with Gasteiger partial charge in [0.05, 0.1) is 0 Å². The van der Waals surface area contributed by atoms with Gasteiger partial charge in [0, 0.05) is 33.7 Å². The summed E-state index contributed by atoms with van der Waals surface area (Å²) in [4.78, 5) is 0. The van der Waals surface area contributed by atoms with E-state index in [4.69, 9.17) is 16.3 Å². The molecular weight excluding hydrogens is 301 g/mol. The zero-order valence-corrected chi connectivity index (χ0v) is 13.3. The Morgan fingerprint density at radius 1 is 1.14 bits per heavy atom. The third-order valence-corrected chi connectivity index (χ3v) is 3.89. The molecule has 0 amide bonds. The highest BCUT2D eigenvalue weighted by atomic mass is 35.5. The van der Waals surface area contributed by atoms with E-state index in [9.17, 15) is 4.39 Å². The lowest BCUT2D eigenvalue weighted by atomic mass is 10.2. The molecule has 0 aliphatic carbocycles. The molecule has 2 aromatic carbocycles. The van der Waals surface area contributed by atoms with Crippen LogP contribution in [-0.2, 0) is 6.61 Å². The second-order valence-electron chi connectivity index (χ2n) is 5.56. The first kappa shape index (κ1) is 14.9. The zero-order chi connectivity index (χ0) is 15.7. The van der Waals surface area contributed by atoms with Crippen LogP contribution in [0, 0.1) is 5.82 Å². The standard InChI is InChI=1S/C18H17ClFNO/c1-12(2)21-10-13(17-9-15(20)5-8-18(17)21)11-22-16-6-3-14(19)4-7-16/h3-10,12H,11H2,1-2H3. The smallest absolute Gasteiger partial charge is 0.123 e. The second kappa shape index (κ2) is 6.01. The molecule has 0 saturated carbocycles. The Balaban J connectivity index is 1.92. The molecule has 3 aromatic rings. The van der Waals surface area contributed by atoms with Gasteiger partial charge in [-0.2, -0.15) is 0 Å². The quantitative estimate of drug-likeness (QED) is 0.611. The minimum Gasteiger partial charge on any atom is -0.489 e. The molecule has 0 fully saturated rings. The van der Waals surface area contributed by atoms with Crippen molar-refractivity contribution >= 4 is 22.5 Å². The first-order chi connectivity index (χ1) is 10.5. The molecule has 1 heterocycles. The first-order valence-electron chi connectivity index (χ1n) is 7.22. The van der Waals surface area contributed by atoms with Crippen molar-refractivity contribution in [3.8, 4) is 5.75 Å². The minimum atomic E-state index is -0.234. The van der Waals surface area contributed by atoms with Gasteiger partial charge in [0.15, 0.2) is 0 Å². The normalized spacial score (nSPS) is 11.3. The number of halogens is 2. The fourth-order valence-corrected chi connectivity index (χ4v) is 2.66. The van der Waals surface area contributed by atoms with Crippen molar-refractivity contribution in [3.63, 3.8) is 0 Å². The van der Waals surface area contributed by atoms with Gasteiger partial charge in [0.1, 0.15) is 18.2 Å². The maximum Gasteiger partial charge on any atom is 0.123 e. The summed E-state index contributed by atoms with van der Waals surface area (Å²) in [6, 6.07) is 12.4. The second-order valence-corrected chi connectivity index (χ2v) is 6.00. The number of aromatic nitrogens is 1. The summed E-state index contributed by atoms with van der Waals surface area (Å²) in [6.45, 7) is 4.60. The maximum atomic E-state index is 13.6. The molecular formula is C18H17ClFNO. The number of nitrogens with zero attached hydrogens (tertiary/aromatic N) is 1. The van der Waals surface area contributed by atoms with Crippen molar-refractivity contribution in [3.05, 3.63) is 65.1 Å². The van der Waals surface area contributed by atoms with Crippen LogP contribution in [0.2, 0.25) is 5.02 Å². The molecule has 0 saturated heterocycles. The number of benzene rings is 2. The third-order valence-electron chi connectivity index (χ3n) is 3.64. The van der Waals surface area contributed by atoms with E-state index in [1.807, 2.05) is 24.4 Å². The summed E-state index contributed by atoms with van der Waals surface area (Å²) in [5, 5.41) is 1.56. The van der Waals surface area contributed by atoms with Gasteiger partial charge in [-0.15, -0.1) is 0 Å². The molecule has 0 bridgehead atoms. The number of hydrogen-bond acceptors (Lipinski definition) is 1. The maximum absolute atomic E-state index is 13.6. The van der Waals surface area contributed by atoms with Crippen LogP contribution in [0.15, 0.2) is 48.7 Å². The number of fused-ring (bicyclic) bond motifs is 1. The first-order valence-corrected chi connectivity index (χ1v) is 7.60. The fraction of sp³-hybridized carbons (Fsp3) is 0.222. The van der Waals surface area contributed by atoms with Crippen molar-refractivity contribution in [2.75, 3.05) is 0 Å². The van der Waals surface area contributed by atoms with E-state index in [1.165, 1.54) is 6.07 Å². The van der Waals surface area contributed by atoms with Crippen LogP contribution in [0.25, 0.3) is 10.9 Å². The topological polar surface area (TPSA) is 14.2 Å². The monoisotopic (exact) mass is 317 g/mol. The van der Waals surface area contributed by atoms with E-state index in [-0.39, 0.29) is 5.82 Å². The van der Waals surface area contributed by atoms with Gasteiger partial charge in [-0.3, -0.25) is 0 Å². The molecule has 0 N–H and O–H groups in total. The summed E-state index contributed by atoms with van der Waals surface area (Å²) in [5.74, 6) is 0.507. The molecule has 2 nitrogen and oxygen atoms in total. The van der Waals surface area contributed by atoms with Crippen molar-refractivity contribution in [2.24, 2.45) is 0 Å². The van der Waals surface area contributed by atoms with Gasteiger partial charge >= 0.3 is 0 Å². The Hall–Kier alpha value is -2.00. The van der Waals surface area contributed by atoms with Crippen molar-refractivity contribution in [2.45, 2.75) is 26.5 Å². The van der Waals surface area contributed by atoms with Gasteiger partial charge in [-0.25, -0.2) is 4.39 Å². The summed E-state index contributed by atoms with van der Waals surface area (Å²) in [5.41, 5.74) is 1.99. The summed E-state index contributed by atoms with van der Waals surface area (Å²) in [7, 11) is 0. The van der Waals surface area contributed by atoms with Crippen molar-refractivity contribution in [1.29, 1.82) is 0 Å². The van der Waals surface area contributed by atoms with Crippen molar-refractivity contribution in [1.82, 2.24) is 4.57 Å². The average molecular weight is 318 g/mol. The Bertz CT molecular complexity index is 793. The predicted molar refractivity (Wildman–Crippen MR) is 88.1 cm³/mol. The molecule has 0 aliphatic rings. The molecule has 0 aliphatic heterocycles. The van der Waals surface area contributed by atoms with Crippen LogP contribution < -0.4 is 4.74 Å².